The lowest BCUT2D eigenvalue weighted by molar-refractivity contribution is -0.150. The second kappa shape index (κ2) is 6.66. The van der Waals surface area contributed by atoms with Gasteiger partial charge in [0.15, 0.2) is 11.3 Å². The first-order valence-electron chi connectivity index (χ1n) is 8.54. The highest BCUT2D eigenvalue weighted by molar-refractivity contribution is 7.11. The number of furan rings is 1. The predicted molar refractivity (Wildman–Crippen MR) is 97.5 cm³/mol. The smallest absolute Gasteiger partial charge is 0.331 e. The van der Waals surface area contributed by atoms with Crippen LogP contribution in [0.4, 0.5) is 0 Å². The van der Waals surface area contributed by atoms with Crippen molar-refractivity contribution in [3.8, 4) is 11.5 Å². The Bertz CT molecular complexity index is 967. The van der Waals surface area contributed by atoms with Gasteiger partial charge in [0.25, 0.3) is 5.91 Å². The van der Waals surface area contributed by atoms with Crippen LogP contribution in [0.1, 0.15) is 28.2 Å². The van der Waals surface area contributed by atoms with Crippen molar-refractivity contribution in [1.29, 1.82) is 0 Å². The summed E-state index contributed by atoms with van der Waals surface area (Å²) >= 11 is 1.31. The zero-order chi connectivity index (χ0) is 19.0. The van der Waals surface area contributed by atoms with E-state index in [2.05, 4.69) is 10.1 Å². The van der Waals surface area contributed by atoms with Crippen molar-refractivity contribution in [1.82, 2.24) is 19.7 Å². The Morgan fingerprint density at radius 1 is 1.30 bits per heavy atom. The van der Waals surface area contributed by atoms with E-state index in [-0.39, 0.29) is 18.7 Å². The highest BCUT2D eigenvalue weighted by atomic mass is 32.1. The van der Waals surface area contributed by atoms with E-state index in [9.17, 15) is 14.7 Å². The number of aryl methyl sites for hydroxylation is 1. The Balaban J connectivity index is 1.56. The molecule has 1 N–H and O–H groups in total. The van der Waals surface area contributed by atoms with Gasteiger partial charge in [0.2, 0.25) is 0 Å². The summed E-state index contributed by atoms with van der Waals surface area (Å²) in [7, 11) is 0. The number of carbonyl (C=O) groups is 2. The molecule has 0 aromatic carbocycles. The number of piperidine rings is 1. The maximum Gasteiger partial charge on any atom is 0.331 e. The van der Waals surface area contributed by atoms with Gasteiger partial charge in [-0.2, -0.15) is 5.10 Å². The van der Waals surface area contributed by atoms with Crippen molar-refractivity contribution in [3.63, 3.8) is 0 Å². The fourth-order valence-electron chi connectivity index (χ4n) is 3.39. The van der Waals surface area contributed by atoms with Crippen LogP contribution in [-0.4, -0.2) is 49.7 Å². The number of thiazole rings is 1. The number of nitrogens with zero attached hydrogens (tertiary/aromatic N) is 4. The van der Waals surface area contributed by atoms with E-state index in [1.165, 1.54) is 16.0 Å². The molecule has 1 fully saturated rings. The first-order chi connectivity index (χ1) is 13.0. The van der Waals surface area contributed by atoms with E-state index in [0.29, 0.717) is 35.1 Å². The van der Waals surface area contributed by atoms with E-state index in [4.69, 9.17) is 4.42 Å². The van der Waals surface area contributed by atoms with Crippen molar-refractivity contribution in [3.05, 3.63) is 46.7 Å². The first-order valence-corrected chi connectivity index (χ1v) is 9.42. The number of hydrogen-bond acceptors (Lipinski definition) is 6. The number of aliphatic carboxylic acids is 1. The number of carbonyl (C=O) groups excluding carboxylic acids is 1. The fourth-order valence-corrected chi connectivity index (χ4v) is 4.16. The molecule has 0 bridgehead atoms. The molecule has 1 aliphatic heterocycles. The van der Waals surface area contributed by atoms with E-state index in [1.807, 2.05) is 0 Å². The maximum atomic E-state index is 12.7. The van der Waals surface area contributed by atoms with E-state index in [1.54, 1.807) is 48.0 Å². The molecule has 0 aliphatic carbocycles. The average Bonchev–Trinajstić information content (AvgIpc) is 3.42. The number of carboxylic acid groups (broad SMARTS) is 1. The minimum Gasteiger partial charge on any atom is -0.479 e. The van der Waals surface area contributed by atoms with Crippen molar-refractivity contribution in [2.75, 3.05) is 13.1 Å². The molecule has 8 nitrogen and oxygen atoms in total. The highest BCUT2D eigenvalue weighted by Crippen LogP contribution is 2.32. The normalized spacial score (nSPS) is 16.4. The zero-order valence-corrected chi connectivity index (χ0v) is 15.5. The highest BCUT2D eigenvalue weighted by Gasteiger charge is 2.45. The zero-order valence-electron chi connectivity index (χ0n) is 14.7. The molecule has 3 aromatic heterocycles. The second-order valence-electron chi connectivity index (χ2n) is 6.52. The molecule has 1 amide bonds. The van der Waals surface area contributed by atoms with Crippen molar-refractivity contribution < 1.29 is 19.1 Å². The van der Waals surface area contributed by atoms with Crippen LogP contribution in [0.3, 0.4) is 0 Å². The van der Waals surface area contributed by atoms with Crippen LogP contribution in [0.5, 0.6) is 0 Å². The molecule has 27 heavy (non-hydrogen) atoms. The Morgan fingerprint density at radius 3 is 2.67 bits per heavy atom. The van der Waals surface area contributed by atoms with Gasteiger partial charge in [0, 0.05) is 32.1 Å². The number of aromatic nitrogens is 3. The van der Waals surface area contributed by atoms with Crippen LogP contribution in [0.25, 0.3) is 11.5 Å². The molecule has 140 valence electrons. The van der Waals surface area contributed by atoms with E-state index in [0.717, 1.165) is 0 Å². The molecule has 0 spiro atoms. The van der Waals surface area contributed by atoms with Gasteiger partial charge in [0.05, 0.1) is 17.5 Å². The van der Waals surface area contributed by atoms with Gasteiger partial charge in [-0.25, -0.2) is 9.78 Å². The topological polar surface area (TPSA) is 101 Å². The summed E-state index contributed by atoms with van der Waals surface area (Å²) in [4.78, 5) is 31.2. The summed E-state index contributed by atoms with van der Waals surface area (Å²) < 4.78 is 6.83. The van der Waals surface area contributed by atoms with Gasteiger partial charge in [-0.3, -0.25) is 9.48 Å². The third-order valence-electron chi connectivity index (χ3n) is 5.02. The summed E-state index contributed by atoms with van der Waals surface area (Å²) in [6, 6.07) is 5.27. The second-order valence-corrected chi connectivity index (χ2v) is 7.37. The summed E-state index contributed by atoms with van der Waals surface area (Å²) in [5.74, 6) is -0.453. The number of hydrogen-bond donors (Lipinski definition) is 1. The quantitative estimate of drug-likeness (QED) is 0.740. The van der Waals surface area contributed by atoms with Gasteiger partial charge in [-0.1, -0.05) is 0 Å². The summed E-state index contributed by atoms with van der Waals surface area (Å²) in [6.45, 7) is 2.49. The molecule has 0 unspecified atom stereocenters. The fraction of sp³-hybridized carbons (Fsp3) is 0.333. The Morgan fingerprint density at radius 2 is 2.07 bits per heavy atom. The Kier molecular flexibility index (Phi) is 4.31. The van der Waals surface area contributed by atoms with E-state index >= 15 is 0 Å². The summed E-state index contributed by atoms with van der Waals surface area (Å²) in [5, 5.41) is 14.4. The third kappa shape index (κ3) is 2.93. The molecule has 0 saturated carbocycles. The average molecular weight is 386 g/mol. The lowest BCUT2D eigenvalue weighted by atomic mass is 9.87. The molecular formula is C18H18N4O4S. The molecule has 1 saturated heterocycles. The molecule has 0 atom stereocenters. The Hall–Kier alpha value is -2.94. The minimum absolute atomic E-state index is 0.0919. The predicted octanol–water partition coefficient (Wildman–Crippen LogP) is 2.62. The SMILES string of the molecule is Cc1ncsc1C(=O)N1CCC(C(=O)O)(n2ccc(-c3ccco3)n2)CC1. The van der Waals surface area contributed by atoms with Crippen LogP contribution in [0, 0.1) is 6.92 Å². The molecule has 4 heterocycles. The lowest BCUT2D eigenvalue weighted by Gasteiger charge is -2.38. The van der Waals surface area contributed by atoms with Crippen LogP contribution in [-0.2, 0) is 10.3 Å². The van der Waals surface area contributed by atoms with Crippen LogP contribution < -0.4 is 0 Å². The monoisotopic (exact) mass is 386 g/mol. The van der Waals surface area contributed by atoms with E-state index < -0.39 is 11.5 Å². The maximum absolute atomic E-state index is 12.7. The van der Waals surface area contributed by atoms with Crippen molar-refractivity contribution >= 4 is 23.2 Å². The van der Waals surface area contributed by atoms with Gasteiger partial charge >= 0.3 is 5.97 Å². The molecule has 3 aromatic rings. The van der Waals surface area contributed by atoms with Crippen molar-refractivity contribution in [2.45, 2.75) is 25.3 Å². The van der Waals surface area contributed by atoms with Gasteiger partial charge in [0.1, 0.15) is 10.6 Å². The minimum atomic E-state index is -1.18. The first kappa shape index (κ1) is 17.5. The molecule has 9 heteroatoms. The third-order valence-corrected chi connectivity index (χ3v) is 5.93. The summed E-state index contributed by atoms with van der Waals surface area (Å²) in [5.41, 5.74) is 1.76. The van der Waals surface area contributed by atoms with Crippen LogP contribution >= 0.6 is 11.3 Å². The Labute approximate surface area is 159 Å². The number of amides is 1. The summed E-state index contributed by atoms with van der Waals surface area (Å²) in [6.07, 6.45) is 3.78. The largest absolute Gasteiger partial charge is 0.479 e. The van der Waals surface area contributed by atoms with Crippen LogP contribution in [0.2, 0.25) is 0 Å². The molecule has 1 aliphatic rings. The van der Waals surface area contributed by atoms with Gasteiger partial charge in [-0.05, 0) is 25.1 Å². The van der Waals surface area contributed by atoms with Crippen molar-refractivity contribution in [2.24, 2.45) is 0 Å². The molecular weight excluding hydrogens is 368 g/mol. The van der Waals surface area contributed by atoms with Gasteiger partial charge in [-0.15, -0.1) is 11.3 Å². The van der Waals surface area contributed by atoms with Gasteiger partial charge < -0.3 is 14.4 Å². The van der Waals surface area contributed by atoms with Crippen LogP contribution in [0.15, 0.2) is 40.6 Å². The lowest BCUT2D eigenvalue weighted by Crippen LogP contribution is -2.52. The molecule has 0 radical (unpaired) electrons. The molecule has 4 rings (SSSR count). The standard InChI is InChI=1S/C18H18N4O4S/c1-12-15(27-11-19-12)16(23)21-8-5-18(6-9-21,17(24)25)22-7-4-13(20-22)14-3-2-10-26-14/h2-4,7,10-11H,5-6,8-9H2,1H3,(H,24,25). The number of likely N-dealkylation sites (tertiary alicyclic amines) is 1. The number of carboxylic acids is 1. The number of rotatable bonds is 4.